The quantitative estimate of drug-likeness (QED) is 0.922. The molecule has 0 bridgehead atoms. The van der Waals surface area contributed by atoms with Gasteiger partial charge < -0.3 is 15.0 Å². The minimum Gasteiger partial charge on any atom is -0.496 e. The van der Waals surface area contributed by atoms with E-state index in [1.807, 2.05) is 35.2 Å². The van der Waals surface area contributed by atoms with Crippen molar-refractivity contribution < 1.29 is 9.53 Å². The zero-order valence-electron chi connectivity index (χ0n) is 13.3. The molecule has 0 aliphatic carbocycles. The van der Waals surface area contributed by atoms with Gasteiger partial charge in [0.1, 0.15) is 11.4 Å². The third-order valence-electron chi connectivity index (χ3n) is 4.05. The summed E-state index contributed by atoms with van der Waals surface area (Å²) in [5.74, 6) is 0.882. The van der Waals surface area contributed by atoms with Crippen LogP contribution in [0.2, 0.25) is 0 Å². The number of anilines is 1. The number of benzene rings is 1. The summed E-state index contributed by atoms with van der Waals surface area (Å²) < 4.78 is 5.34. The molecule has 2 aromatic rings. The molecule has 1 N–H and O–H groups in total. The highest BCUT2D eigenvalue weighted by Gasteiger charge is 2.20. The van der Waals surface area contributed by atoms with Gasteiger partial charge in [0, 0.05) is 25.2 Å². The third kappa shape index (κ3) is 3.62. The maximum Gasteiger partial charge on any atom is 0.272 e. The van der Waals surface area contributed by atoms with Gasteiger partial charge in [-0.05, 0) is 31.0 Å². The van der Waals surface area contributed by atoms with Crippen LogP contribution in [0.15, 0.2) is 42.6 Å². The maximum atomic E-state index is 12.2. The van der Waals surface area contributed by atoms with Crippen LogP contribution in [0, 0.1) is 0 Å². The van der Waals surface area contributed by atoms with Crippen molar-refractivity contribution in [2.75, 3.05) is 25.5 Å². The number of likely N-dealkylation sites (tertiary alicyclic amines) is 1. The number of para-hydroxylation sites is 1. The maximum absolute atomic E-state index is 12.2. The van der Waals surface area contributed by atoms with E-state index in [1.54, 1.807) is 19.4 Å². The van der Waals surface area contributed by atoms with Gasteiger partial charge in [-0.1, -0.05) is 18.2 Å². The summed E-state index contributed by atoms with van der Waals surface area (Å²) in [6.45, 7) is 2.33. The first-order chi connectivity index (χ1) is 11.3. The van der Waals surface area contributed by atoms with E-state index >= 15 is 0 Å². The molecule has 0 atom stereocenters. The number of hydrogen-bond acceptors (Lipinski definition) is 4. The molecule has 1 amide bonds. The van der Waals surface area contributed by atoms with Gasteiger partial charge in [0.05, 0.1) is 19.0 Å². The summed E-state index contributed by atoms with van der Waals surface area (Å²) in [6.07, 6.45) is 3.88. The van der Waals surface area contributed by atoms with E-state index in [1.165, 1.54) is 0 Å². The first-order valence-corrected chi connectivity index (χ1v) is 7.89. The highest BCUT2D eigenvalue weighted by atomic mass is 16.5. The van der Waals surface area contributed by atoms with Crippen LogP contribution in [-0.2, 0) is 6.54 Å². The van der Waals surface area contributed by atoms with Gasteiger partial charge in [0.25, 0.3) is 5.91 Å². The minimum atomic E-state index is 0.0266. The lowest BCUT2D eigenvalue weighted by Crippen LogP contribution is -2.28. The summed E-state index contributed by atoms with van der Waals surface area (Å²) in [7, 11) is 1.67. The number of aromatic nitrogens is 1. The molecule has 1 saturated heterocycles. The summed E-state index contributed by atoms with van der Waals surface area (Å²) in [5.41, 5.74) is 2.47. The van der Waals surface area contributed by atoms with Crippen LogP contribution >= 0.6 is 0 Å². The molecule has 0 saturated carbocycles. The first-order valence-electron chi connectivity index (χ1n) is 7.89. The lowest BCUT2D eigenvalue weighted by atomic mass is 10.2. The van der Waals surface area contributed by atoms with E-state index in [2.05, 4.69) is 10.3 Å². The Morgan fingerprint density at radius 1 is 1.22 bits per heavy atom. The largest absolute Gasteiger partial charge is 0.496 e. The van der Waals surface area contributed by atoms with E-state index in [0.29, 0.717) is 12.2 Å². The van der Waals surface area contributed by atoms with E-state index in [9.17, 15) is 4.79 Å². The molecule has 2 heterocycles. The van der Waals surface area contributed by atoms with Crippen LogP contribution in [0.25, 0.3) is 0 Å². The second-order valence-corrected chi connectivity index (χ2v) is 5.60. The van der Waals surface area contributed by atoms with Gasteiger partial charge in [0.2, 0.25) is 0 Å². The molecular weight excluding hydrogens is 290 g/mol. The van der Waals surface area contributed by atoms with E-state index < -0.39 is 0 Å². The summed E-state index contributed by atoms with van der Waals surface area (Å²) in [6, 6.07) is 11.6. The number of pyridine rings is 1. The number of carbonyl (C=O) groups is 1. The average Bonchev–Trinajstić information content (AvgIpc) is 3.14. The van der Waals surface area contributed by atoms with Crippen molar-refractivity contribution in [2.45, 2.75) is 19.4 Å². The van der Waals surface area contributed by atoms with Crippen LogP contribution in [0.5, 0.6) is 5.75 Å². The molecule has 120 valence electrons. The Labute approximate surface area is 136 Å². The number of carbonyl (C=O) groups excluding carboxylic acids is 1. The SMILES string of the molecule is COc1ccccc1CNc1ccc(C(=O)N2CCCC2)nc1. The van der Waals surface area contributed by atoms with Crippen molar-refractivity contribution in [3.63, 3.8) is 0 Å². The molecule has 1 fully saturated rings. The number of nitrogens with zero attached hydrogens (tertiary/aromatic N) is 2. The van der Waals surface area contributed by atoms with E-state index in [0.717, 1.165) is 42.9 Å². The van der Waals surface area contributed by atoms with Crippen LogP contribution in [0.3, 0.4) is 0 Å². The Kier molecular flexibility index (Phi) is 4.76. The van der Waals surface area contributed by atoms with Crippen LogP contribution in [-0.4, -0.2) is 36.0 Å². The zero-order valence-corrected chi connectivity index (χ0v) is 13.3. The minimum absolute atomic E-state index is 0.0266. The van der Waals surface area contributed by atoms with Crippen LogP contribution < -0.4 is 10.1 Å². The molecule has 5 nitrogen and oxygen atoms in total. The van der Waals surface area contributed by atoms with Gasteiger partial charge >= 0.3 is 0 Å². The predicted molar refractivity (Wildman–Crippen MR) is 89.7 cm³/mol. The number of hydrogen-bond donors (Lipinski definition) is 1. The van der Waals surface area contributed by atoms with Crippen molar-refractivity contribution >= 4 is 11.6 Å². The molecule has 23 heavy (non-hydrogen) atoms. The fourth-order valence-electron chi connectivity index (χ4n) is 2.75. The molecule has 1 aromatic carbocycles. The molecule has 0 spiro atoms. The monoisotopic (exact) mass is 311 g/mol. The highest BCUT2D eigenvalue weighted by Crippen LogP contribution is 2.19. The summed E-state index contributed by atoms with van der Waals surface area (Å²) in [4.78, 5) is 18.4. The van der Waals surface area contributed by atoms with Gasteiger partial charge in [0.15, 0.2) is 0 Å². The number of ether oxygens (including phenoxy) is 1. The lowest BCUT2D eigenvalue weighted by molar-refractivity contribution is 0.0787. The van der Waals surface area contributed by atoms with Crippen LogP contribution in [0.4, 0.5) is 5.69 Å². The molecule has 5 heteroatoms. The number of amides is 1. The highest BCUT2D eigenvalue weighted by molar-refractivity contribution is 5.92. The van der Waals surface area contributed by atoms with E-state index in [-0.39, 0.29) is 5.91 Å². The third-order valence-corrected chi connectivity index (χ3v) is 4.05. The Morgan fingerprint density at radius 3 is 2.70 bits per heavy atom. The second-order valence-electron chi connectivity index (χ2n) is 5.60. The summed E-state index contributed by atoms with van der Waals surface area (Å²) in [5, 5.41) is 3.30. The predicted octanol–water partition coefficient (Wildman–Crippen LogP) is 2.94. The molecular formula is C18H21N3O2. The number of rotatable bonds is 5. The normalized spacial score (nSPS) is 13.9. The van der Waals surface area contributed by atoms with Crippen molar-refractivity contribution in [3.8, 4) is 5.75 Å². The lowest BCUT2D eigenvalue weighted by Gasteiger charge is -2.15. The van der Waals surface area contributed by atoms with Crippen molar-refractivity contribution in [1.29, 1.82) is 0 Å². The zero-order chi connectivity index (χ0) is 16.1. The Balaban J connectivity index is 1.62. The van der Waals surface area contributed by atoms with Crippen molar-refractivity contribution in [3.05, 3.63) is 53.9 Å². The fraction of sp³-hybridized carbons (Fsp3) is 0.333. The van der Waals surface area contributed by atoms with Gasteiger partial charge in [-0.2, -0.15) is 0 Å². The second kappa shape index (κ2) is 7.13. The van der Waals surface area contributed by atoms with Crippen molar-refractivity contribution in [1.82, 2.24) is 9.88 Å². The van der Waals surface area contributed by atoms with E-state index in [4.69, 9.17) is 4.74 Å². The number of methoxy groups -OCH3 is 1. The first kappa shape index (κ1) is 15.3. The van der Waals surface area contributed by atoms with Gasteiger partial charge in [-0.25, -0.2) is 4.98 Å². The molecule has 1 aliphatic heterocycles. The molecule has 3 rings (SSSR count). The smallest absolute Gasteiger partial charge is 0.272 e. The average molecular weight is 311 g/mol. The molecule has 1 aliphatic rings. The van der Waals surface area contributed by atoms with Gasteiger partial charge in [-0.15, -0.1) is 0 Å². The molecule has 0 unspecified atom stereocenters. The molecule has 0 radical (unpaired) electrons. The standard InChI is InChI=1S/C18H21N3O2/c1-23-17-7-3-2-6-14(17)12-19-15-8-9-16(20-13-15)18(22)21-10-4-5-11-21/h2-3,6-9,13,19H,4-5,10-12H2,1H3. The summed E-state index contributed by atoms with van der Waals surface area (Å²) >= 11 is 0. The Bertz CT molecular complexity index is 664. The fourth-order valence-corrected chi connectivity index (χ4v) is 2.75. The van der Waals surface area contributed by atoms with Gasteiger partial charge in [-0.3, -0.25) is 4.79 Å². The van der Waals surface area contributed by atoms with Crippen molar-refractivity contribution in [2.24, 2.45) is 0 Å². The topological polar surface area (TPSA) is 54.5 Å². The molecule has 1 aromatic heterocycles. The number of nitrogens with one attached hydrogen (secondary N) is 1. The Hall–Kier alpha value is -2.56. The van der Waals surface area contributed by atoms with Crippen LogP contribution in [0.1, 0.15) is 28.9 Å². The Morgan fingerprint density at radius 2 is 2.00 bits per heavy atom.